The van der Waals surface area contributed by atoms with Crippen LogP contribution in [-0.4, -0.2) is 25.0 Å². The first-order valence-electron chi connectivity index (χ1n) is 11.2. The van der Waals surface area contributed by atoms with Crippen molar-refractivity contribution in [2.24, 2.45) is 5.92 Å². The molecule has 2 aliphatic rings. The number of methoxy groups -OCH3 is 1. The minimum Gasteiger partial charge on any atom is -0.497 e. The number of anilines is 2. The van der Waals surface area contributed by atoms with E-state index in [1.165, 1.54) is 4.90 Å². The zero-order valence-corrected chi connectivity index (χ0v) is 18.5. The Balaban J connectivity index is 1.48. The Morgan fingerprint density at radius 3 is 2.21 bits per heavy atom. The van der Waals surface area contributed by atoms with Crippen molar-refractivity contribution >= 4 is 34.0 Å². The van der Waals surface area contributed by atoms with Crippen molar-refractivity contribution < 1.29 is 19.2 Å². The highest BCUT2D eigenvalue weighted by atomic mass is 16.7. The number of imide groups is 1. The van der Waals surface area contributed by atoms with E-state index >= 15 is 0 Å². The summed E-state index contributed by atoms with van der Waals surface area (Å²) in [6.07, 6.45) is -0.904. The molecule has 0 aromatic heterocycles. The molecular formula is C28H22N2O4. The number of nitrogens with zero attached hydrogens (tertiary/aromatic N) is 2. The molecule has 34 heavy (non-hydrogen) atoms. The largest absolute Gasteiger partial charge is 0.497 e. The van der Waals surface area contributed by atoms with Gasteiger partial charge in [0.15, 0.2) is 6.10 Å². The second kappa shape index (κ2) is 8.01. The van der Waals surface area contributed by atoms with E-state index in [0.717, 1.165) is 22.0 Å². The van der Waals surface area contributed by atoms with Crippen LogP contribution < -0.4 is 14.7 Å². The summed E-state index contributed by atoms with van der Waals surface area (Å²) in [5.74, 6) is -0.649. The SMILES string of the molecule is COc1ccc(N2C(=O)[C@H]3[C@@H](ON(c4ccccc4)[C@H]3c3cccc4ccccc34)C2=O)cc1. The average Bonchev–Trinajstić information content (AvgIpc) is 3.40. The predicted molar refractivity (Wildman–Crippen MR) is 129 cm³/mol. The van der Waals surface area contributed by atoms with Crippen LogP contribution in [0.15, 0.2) is 97.1 Å². The molecule has 0 N–H and O–H groups in total. The summed E-state index contributed by atoms with van der Waals surface area (Å²) in [6, 6.07) is 30.2. The number of fused-ring (bicyclic) bond motifs is 2. The Labute approximate surface area is 196 Å². The summed E-state index contributed by atoms with van der Waals surface area (Å²) in [5, 5.41) is 3.83. The summed E-state index contributed by atoms with van der Waals surface area (Å²) in [4.78, 5) is 34.8. The van der Waals surface area contributed by atoms with Gasteiger partial charge in [0.2, 0.25) is 5.91 Å². The highest BCUT2D eigenvalue weighted by molar-refractivity contribution is 6.24. The second-order valence-electron chi connectivity index (χ2n) is 8.44. The Morgan fingerprint density at radius 2 is 1.44 bits per heavy atom. The van der Waals surface area contributed by atoms with Gasteiger partial charge in [-0.15, -0.1) is 0 Å². The molecule has 0 spiro atoms. The lowest BCUT2D eigenvalue weighted by Gasteiger charge is -2.29. The molecule has 0 radical (unpaired) electrons. The number of ether oxygens (including phenoxy) is 1. The zero-order chi connectivity index (χ0) is 23.2. The Kier molecular flexibility index (Phi) is 4.81. The van der Waals surface area contributed by atoms with E-state index in [4.69, 9.17) is 9.57 Å². The standard InChI is InChI=1S/C28H22N2O4/c1-33-21-16-14-19(15-17-21)29-27(31)24-25(23-13-7-9-18-8-5-6-12-22(18)23)30(34-26(24)28(29)32)20-10-3-2-4-11-20/h2-17,24-26H,1H3/t24-,25+,26-/m1/s1. The smallest absolute Gasteiger partial charge is 0.266 e. The van der Waals surface area contributed by atoms with Gasteiger partial charge in [0.05, 0.1) is 24.5 Å². The number of benzene rings is 4. The number of carbonyl (C=O) groups excluding carboxylic acids is 2. The molecule has 2 saturated heterocycles. The van der Waals surface area contributed by atoms with Crippen molar-refractivity contribution in [3.05, 3.63) is 103 Å². The van der Waals surface area contributed by atoms with Crippen LogP contribution >= 0.6 is 0 Å². The fourth-order valence-electron chi connectivity index (χ4n) is 5.02. The quantitative estimate of drug-likeness (QED) is 0.414. The third-order valence-electron chi connectivity index (χ3n) is 6.60. The van der Waals surface area contributed by atoms with Gasteiger partial charge in [-0.2, -0.15) is 0 Å². The Morgan fingerprint density at radius 1 is 0.735 bits per heavy atom. The van der Waals surface area contributed by atoms with Crippen LogP contribution in [0.25, 0.3) is 10.8 Å². The summed E-state index contributed by atoms with van der Waals surface area (Å²) in [5.41, 5.74) is 2.26. The van der Waals surface area contributed by atoms with Crippen molar-refractivity contribution in [2.45, 2.75) is 12.1 Å². The molecule has 2 amide bonds. The topological polar surface area (TPSA) is 59.1 Å². The Bertz CT molecular complexity index is 1380. The minimum atomic E-state index is -0.904. The van der Waals surface area contributed by atoms with Crippen LogP contribution in [0.2, 0.25) is 0 Å². The molecule has 6 heteroatoms. The fraction of sp³-hybridized carbons (Fsp3) is 0.143. The lowest BCUT2D eigenvalue weighted by Crippen LogP contribution is -2.37. The van der Waals surface area contributed by atoms with Gasteiger partial charge < -0.3 is 4.74 Å². The number of hydrogen-bond donors (Lipinski definition) is 0. The maximum Gasteiger partial charge on any atom is 0.266 e. The third kappa shape index (κ3) is 3.07. The summed E-state index contributed by atoms with van der Waals surface area (Å²) >= 11 is 0. The molecule has 2 aliphatic heterocycles. The van der Waals surface area contributed by atoms with Gasteiger partial charge in [0, 0.05) is 0 Å². The van der Waals surface area contributed by atoms with E-state index in [1.807, 2.05) is 72.8 Å². The van der Waals surface area contributed by atoms with Gasteiger partial charge in [-0.3, -0.25) is 14.4 Å². The predicted octanol–water partition coefficient (Wildman–Crippen LogP) is 4.90. The zero-order valence-electron chi connectivity index (χ0n) is 18.5. The van der Waals surface area contributed by atoms with Crippen molar-refractivity contribution in [2.75, 3.05) is 17.1 Å². The van der Waals surface area contributed by atoms with E-state index in [1.54, 1.807) is 36.4 Å². The van der Waals surface area contributed by atoms with Crippen LogP contribution in [0.1, 0.15) is 11.6 Å². The molecule has 2 heterocycles. The maximum atomic E-state index is 13.8. The van der Waals surface area contributed by atoms with Crippen LogP contribution in [0.5, 0.6) is 5.75 Å². The average molecular weight is 450 g/mol. The number of carbonyl (C=O) groups is 2. The molecule has 3 atom stereocenters. The summed E-state index contributed by atoms with van der Waals surface area (Å²) in [7, 11) is 1.58. The molecule has 4 aromatic rings. The van der Waals surface area contributed by atoms with Gasteiger partial charge in [0.25, 0.3) is 5.91 Å². The lowest BCUT2D eigenvalue weighted by atomic mass is 9.87. The molecular weight excluding hydrogens is 428 g/mol. The highest BCUT2D eigenvalue weighted by Gasteiger charge is 2.60. The third-order valence-corrected chi connectivity index (χ3v) is 6.60. The number of hydroxylamine groups is 1. The van der Waals surface area contributed by atoms with E-state index in [2.05, 4.69) is 0 Å². The van der Waals surface area contributed by atoms with Crippen molar-refractivity contribution in [3.63, 3.8) is 0 Å². The van der Waals surface area contributed by atoms with Crippen LogP contribution in [-0.2, 0) is 14.4 Å². The number of para-hydroxylation sites is 1. The van der Waals surface area contributed by atoms with E-state index < -0.39 is 18.1 Å². The first-order valence-corrected chi connectivity index (χ1v) is 11.2. The lowest BCUT2D eigenvalue weighted by molar-refractivity contribution is -0.126. The normalized spacial score (nSPS) is 21.9. The molecule has 0 saturated carbocycles. The number of hydrogen-bond acceptors (Lipinski definition) is 5. The van der Waals surface area contributed by atoms with E-state index in [-0.39, 0.29) is 11.8 Å². The van der Waals surface area contributed by atoms with Gasteiger partial charge in [-0.1, -0.05) is 60.7 Å². The number of amides is 2. The van der Waals surface area contributed by atoms with Gasteiger partial charge in [-0.25, -0.2) is 9.96 Å². The molecule has 168 valence electrons. The maximum absolute atomic E-state index is 13.8. The summed E-state index contributed by atoms with van der Waals surface area (Å²) in [6.45, 7) is 0. The van der Waals surface area contributed by atoms with Gasteiger partial charge in [0.1, 0.15) is 11.7 Å². The van der Waals surface area contributed by atoms with Gasteiger partial charge >= 0.3 is 0 Å². The first kappa shape index (κ1) is 20.4. The van der Waals surface area contributed by atoms with Crippen LogP contribution in [0.4, 0.5) is 11.4 Å². The van der Waals surface area contributed by atoms with Crippen LogP contribution in [0.3, 0.4) is 0 Å². The molecule has 0 bridgehead atoms. The molecule has 0 unspecified atom stereocenters. The van der Waals surface area contributed by atoms with E-state index in [9.17, 15) is 9.59 Å². The monoisotopic (exact) mass is 450 g/mol. The molecule has 6 rings (SSSR count). The molecule has 6 nitrogen and oxygen atoms in total. The molecule has 4 aromatic carbocycles. The summed E-state index contributed by atoms with van der Waals surface area (Å²) < 4.78 is 5.22. The highest BCUT2D eigenvalue weighted by Crippen LogP contribution is 2.48. The number of rotatable bonds is 4. The van der Waals surface area contributed by atoms with Gasteiger partial charge in [-0.05, 0) is 52.7 Å². The van der Waals surface area contributed by atoms with Crippen molar-refractivity contribution in [1.29, 1.82) is 0 Å². The molecule has 0 aliphatic carbocycles. The fourth-order valence-corrected chi connectivity index (χ4v) is 5.02. The van der Waals surface area contributed by atoms with Crippen molar-refractivity contribution in [3.8, 4) is 5.75 Å². The first-order chi connectivity index (χ1) is 16.7. The molecule has 2 fully saturated rings. The Hall–Kier alpha value is -4.16. The minimum absolute atomic E-state index is 0.267. The van der Waals surface area contributed by atoms with Crippen molar-refractivity contribution in [1.82, 2.24) is 0 Å². The van der Waals surface area contributed by atoms with E-state index in [0.29, 0.717) is 11.4 Å². The second-order valence-corrected chi connectivity index (χ2v) is 8.44. The van der Waals surface area contributed by atoms with Crippen LogP contribution in [0, 0.1) is 5.92 Å².